The van der Waals surface area contributed by atoms with Crippen molar-refractivity contribution in [3.05, 3.63) is 39.9 Å². The van der Waals surface area contributed by atoms with Gasteiger partial charge in [-0.2, -0.15) is 0 Å². The quantitative estimate of drug-likeness (QED) is 0.457. The third kappa shape index (κ3) is 4.40. The average molecular weight is 222 g/mol. The standard InChI is InChI=1S/C12H18N2O2/c1-10(2)9-13-7-6-11-4-3-5-12(8-11)14(15)16/h3-5,8,10,13H,6-7,9H2,1-2H3. The van der Waals surface area contributed by atoms with Gasteiger partial charge < -0.3 is 5.32 Å². The van der Waals surface area contributed by atoms with E-state index in [0.29, 0.717) is 5.92 Å². The van der Waals surface area contributed by atoms with Crippen LogP contribution in [0.25, 0.3) is 0 Å². The van der Waals surface area contributed by atoms with Crippen molar-refractivity contribution in [1.29, 1.82) is 0 Å². The predicted octanol–water partition coefficient (Wildman–Crippen LogP) is 2.38. The molecule has 0 saturated carbocycles. The Hall–Kier alpha value is -1.42. The third-order valence-corrected chi connectivity index (χ3v) is 2.26. The van der Waals surface area contributed by atoms with Crippen molar-refractivity contribution < 1.29 is 4.92 Å². The molecule has 16 heavy (non-hydrogen) atoms. The smallest absolute Gasteiger partial charge is 0.269 e. The van der Waals surface area contributed by atoms with E-state index < -0.39 is 0 Å². The van der Waals surface area contributed by atoms with Crippen molar-refractivity contribution in [3.63, 3.8) is 0 Å². The summed E-state index contributed by atoms with van der Waals surface area (Å²) in [5, 5.41) is 13.9. The molecular formula is C12H18N2O2. The monoisotopic (exact) mass is 222 g/mol. The number of hydrogen-bond donors (Lipinski definition) is 1. The van der Waals surface area contributed by atoms with Crippen LogP contribution in [0.1, 0.15) is 19.4 Å². The van der Waals surface area contributed by atoms with E-state index in [1.165, 1.54) is 6.07 Å². The molecular weight excluding hydrogens is 204 g/mol. The lowest BCUT2D eigenvalue weighted by molar-refractivity contribution is -0.384. The lowest BCUT2D eigenvalue weighted by atomic mass is 10.1. The predicted molar refractivity (Wildman–Crippen MR) is 64.5 cm³/mol. The topological polar surface area (TPSA) is 55.2 Å². The third-order valence-electron chi connectivity index (χ3n) is 2.26. The molecule has 0 heterocycles. The van der Waals surface area contributed by atoms with Crippen molar-refractivity contribution in [2.75, 3.05) is 13.1 Å². The first kappa shape index (κ1) is 12.6. The molecule has 4 nitrogen and oxygen atoms in total. The fraction of sp³-hybridized carbons (Fsp3) is 0.500. The van der Waals surface area contributed by atoms with E-state index in [0.717, 1.165) is 25.1 Å². The highest BCUT2D eigenvalue weighted by Crippen LogP contribution is 2.13. The molecule has 0 aliphatic heterocycles. The molecule has 0 aromatic heterocycles. The van der Waals surface area contributed by atoms with E-state index in [4.69, 9.17) is 0 Å². The second-order valence-electron chi connectivity index (χ2n) is 4.27. The van der Waals surface area contributed by atoms with Crippen LogP contribution in [0.4, 0.5) is 5.69 Å². The number of nitro benzene ring substituents is 1. The number of nitro groups is 1. The van der Waals surface area contributed by atoms with E-state index in [1.54, 1.807) is 12.1 Å². The Morgan fingerprint density at radius 3 is 2.81 bits per heavy atom. The zero-order valence-electron chi connectivity index (χ0n) is 9.77. The van der Waals surface area contributed by atoms with Gasteiger partial charge in [-0.25, -0.2) is 0 Å². The summed E-state index contributed by atoms with van der Waals surface area (Å²) in [5.74, 6) is 0.630. The van der Waals surface area contributed by atoms with Crippen molar-refractivity contribution in [3.8, 4) is 0 Å². The minimum atomic E-state index is -0.356. The van der Waals surface area contributed by atoms with E-state index in [-0.39, 0.29) is 10.6 Å². The Kier molecular flexibility index (Phi) is 4.92. The molecule has 0 aliphatic carbocycles. The van der Waals surface area contributed by atoms with Gasteiger partial charge >= 0.3 is 0 Å². The van der Waals surface area contributed by atoms with Crippen LogP contribution in [0.3, 0.4) is 0 Å². The summed E-state index contributed by atoms with van der Waals surface area (Å²) in [7, 11) is 0. The molecule has 0 aliphatic rings. The van der Waals surface area contributed by atoms with Gasteiger partial charge in [-0.05, 0) is 31.0 Å². The van der Waals surface area contributed by atoms with E-state index in [9.17, 15) is 10.1 Å². The highest BCUT2D eigenvalue weighted by atomic mass is 16.6. The zero-order chi connectivity index (χ0) is 12.0. The minimum Gasteiger partial charge on any atom is -0.316 e. The largest absolute Gasteiger partial charge is 0.316 e. The van der Waals surface area contributed by atoms with Crippen molar-refractivity contribution in [2.24, 2.45) is 5.92 Å². The molecule has 0 unspecified atom stereocenters. The molecule has 0 bridgehead atoms. The van der Waals surface area contributed by atoms with Gasteiger partial charge in [-0.3, -0.25) is 10.1 Å². The minimum absolute atomic E-state index is 0.168. The maximum absolute atomic E-state index is 10.6. The van der Waals surface area contributed by atoms with Crippen LogP contribution in [-0.2, 0) is 6.42 Å². The molecule has 0 saturated heterocycles. The van der Waals surface area contributed by atoms with Gasteiger partial charge in [-0.1, -0.05) is 26.0 Å². The molecule has 0 amide bonds. The maximum Gasteiger partial charge on any atom is 0.269 e. The second-order valence-corrected chi connectivity index (χ2v) is 4.27. The van der Waals surface area contributed by atoms with Gasteiger partial charge in [0.1, 0.15) is 0 Å². The van der Waals surface area contributed by atoms with Crippen LogP contribution in [0.5, 0.6) is 0 Å². The van der Waals surface area contributed by atoms with Gasteiger partial charge in [0.25, 0.3) is 5.69 Å². The Balaban J connectivity index is 2.42. The molecule has 0 radical (unpaired) electrons. The van der Waals surface area contributed by atoms with Crippen LogP contribution in [-0.4, -0.2) is 18.0 Å². The maximum atomic E-state index is 10.6. The Morgan fingerprint density at radius 2 is 2.19 bits per heavy atom. The number of nitrogens with zero attached hydrogens (tertiary/aromatic N) is 1. The number of benzene rings is 1. The highest BCUT2D eigenvalue weighted by Gasteiger charge is 2.04. The first-order valence-corrected chi connectivity index (χ1v) is 5.53. The number of rotatable bonds is 6. The van der Waals surface area contributed by atoms with Crippen LogP contribution in [0.15, 0.2) is 24.3 Å². The van der Waals surface area contributed by atoms with Gasteiger partial charge in [0.15, 0.2) is 0 Å². The lowest BCUT2D eigenvalue weighted by Crippen LogP contribution is -2.22. The SMILES string of the molecule is CC(C)CNCCc1cccc([N+](=O)[O-])c1. The molecule has 1 N–H and O–H groups in total. The lowest BCUT2D eigenvalue weighted by Gasteiger charge is -2.07. The summed E-state index contributed by atoms with van der Waals surface area (Å²) in [5.41, 5.74) is 1.17. The van der Waals surface area contributed by atoms with E-state index in [2.05, 4.69) is 19.2 Å². The number of hydrogen-bond acceptors (Lipinski definition) is 3. The first-order chi connectivity index (χ1) is 7.59. The van der Waals surface area contributed by atoms with E-state index in [1.807, 2.05) is 6.07 Å². The fourth-order valence-electron chi connectivity index (χ4n) is 1.45. The highest BCUT2D eigenvalue weighted by molar-refractivity contribution is 5.34. The molecule has 4 heteroatoms. The van der Waals surface area contributed by atoms with Crippen molar-refractivity contribution in [2.45, 2.75) is 20.3 Å². The van der Waals surface area contributed by atoms with Gasteiger partial charge in [0, 0.05) is 12.1 Å². The molecule has 1 aromatic carbocycles. The zero-order valence-corrected chi connectivity index (χ0v) is 9.77. The summed E-state index contributed by atoms with van der Waals surface area (Å²) >= 11 is 0. The Bertz CT molecular complexity index is 351. The summed E-state index contributed by atoms with van der Waals surface area (Å²) < 4.78 is 0. The van der Waals surface area contributed by atoms with Crippen LogP contribution in [0, 0.1) is 16.0 Å². The van der Waals surface area contributed by atoms with Gasteiger partial charge in [-0.15, -0.1) is 0 Å². The normalized spacial score (nSPS) is 10.7. The van der Waals surface area contributed by atoms with Gasteiger partial charge in [0.05, 0.1) is 4.92 Å². The average Bonchev–Trinajstić information content (AvgIpc) is 2.24. The number of non-ortho nitro benzene ring substituents is 1. The van der Waals surface area contributed by atoms with Crippen LogP contribution < -0.4 is 5.32 Å². The van der Waals surface area contributed by atoms with Crippen molar-refractivity contribution in [1.82, 2.24) is 5.32 Å². The first-order valence-electron chi connectivity index (χ1n) is 5.53. The molecule has 1 aromatic rings. The molecule has 1 rings (SSSR count). The summed E-state index contributed by atoms with van der Waals surface area (Å²) in [6.45, 7) is 6.15. The molecule has 0 atom stereocenters. The Morgan fingerprint density at radius 1 is 1.44 bits per heavy atom. The summed E-state index contributed by atoms with van der Waals surface area (Å²) in [6, 6.07) is 6.81. The van der Waals surface area contributed by atoms with E-state index >= 15 is 0 Å². The molecule has 0 fully saturated rings. The second kappa shape index (κ2) is 6.23. The van der Waals surface area contributed by atoms with Crippen molar-refractivity contribution >= 4 is 5.69 Å². The fourth-order valence-corrected chi connectivity index (χ4v) is 1.45. The van der Waals surface area contributed by atoms with Gasteiger partial charge in [0.2, 0.25) is 0 Å². The molecule has 88 valence electrons. The Labute approximate surface area is 95.8 Å². The molecule has 0 spiro atoms. The number of nitrogens with one attached hydrogen (secondary N) is 1. The van der Waals surface area contributed by atoms with Crippen LogP contribution >= 0.6 is 0 Å². The van der Waals surface area contributed by atoms with Crippen LogP contribution in [0.2, 0.25) is 0 Å². The summed E-state index contributed by atoms with van der Waals surface area (Å²) in [6.07, 6.45) is 0.828. The summed E-state index contributed by atoms with van der Waals surface area (Å²) in [4.78, 5) is 10.2.